The van der Waals surface area contributed by atoms with Crippen molar-refractivity contribution in [3.63, 3.8) is 0 Å². The quantitative estimate of drug-likeness (QED) is 0.422. The van der Waals surface area contributed by atoms with Gasteiger partial charge in [0, 0.05) is 19.1 Å². The number of carboxylic acid groups (broad SMARTS) is 1. The number of nitrogens with one attached hydrogen (secondary N) is 1. The van der Waals surface area contributed by atoms with Crippen molar-refractivity contribution >= 4 is 17.8 Å². The third kappa shape index (κ3) is 6.27. The number of carbonyl (C=O) groups is 3. The van der Waals surface area contributed by atoms with Crippen LogP contribution in [0.2, 0.25) is 0 Å². The van der Waals surface area contributed by atoms with E-state index in [2.05, 4.69) is 4.84 Å². The maximum absolute atomic E-state index is 10.5. The molecule has 2 N–H and O–H groups in total. The van der Waals surface area contributed by atoms with Crippen molar-refractivity contribution in [1.29, 1.82) is 0 Å². The topological polar surface area (TPSA) is 92.7 Å². The molecule has 1 amide bonds. The molecule has 6 heteroatoms. The van der Waals surface area contributed by atoms with E-state index in [1.165, 1.54) is 0 Å². The minimum absolute atomic E-state index is 0.549. The number of carboxylic acids is 1. The first kappa shape index (κ1) is 10.2. The normalized spacial score (nSPS) is 9.42. The molecular formula is C6H7NO5. The second-order valence-corrected chi connectivity index (χ2v) is 1.75. The van der Waals surface area contributed by atoms with Crippen LogP contribution in [0.1, 0.15) is 6.92 Å². The van der Waals surface area contributed by atoms with Gasteiger partial charge in [0.05, 0.1) is 0 Å². The lowest BCUT2D eigenvalue weighted by atomic mass is 10.5. The van der Waals surface area contributed by atoms with Gasteiger partial charge in [0.25, 0.3) is 0 Å². The Morgan fingerprint density at radius 1 is 1.33 bits per heavy atom. The van der Waals surface area contributed by atoms with Crippen LogP contribution in [0.3, 0.4) is 0 Å². The standard InChI is InChI=1S/C6H7NO5/c1-4(8)7-12-6(11)3-2-5(9)10/h2-3H,1H3,(H,7,8)(H,9,10)/b3-2-. The molecule has 0 atom stereocenters. The lowest BCUT2D eigenvalue weighted by molar-refractivity contribution is -0.152. The maximum atomic E-state index is 10.5. The molecule has 0 aliphatic carbocycles. The van der Waals surface area contributed by atoms with Gasteiger partial charge in [-0.3, -0.25) is 4.79 Å². The number of hydrogen-bond acceptors (Lipinski definition) is 4. The van der Waals surface area contributed by atoms with Crippen molar-refractivity contribution in [3.8, 4) is 0 Å². The molecule has 0 spiro atoms. The number of aliphatic carboxylic acids is 1. The summed E-state index contributed by atoms with van der Waals surface area (Å²) >= 11 is 0. The fraction of sp³-hybridized carbons (Fsp3) is 0.167. The van der Waals surface area contributed by atoms with E-state index in [4.69, 9.17) is 5.11 Å². The minimum atomic E-state index is -1.27. The Bertz CT molecular complexity index is 232. The summed E-state index contributed by atoms with van der Waals surface area (Å²) in [6, 6.07) is 0. The molecule has 0 aromatic heterocycles. The van der Waals surface area contributed by atoms with Gasteiger partial charge in [0.2, 0.25) is 5.91 Å². The molecule has 0 saturated carbocycles. The molecule has 0 unspecified atom stereocenters. The highest BCUT2D eigenvalue weighted by atomic mass is 16.7. The molecule has 6 nitrogen and oxygen atoms in total. The van der Waals surface area contributed by atoms with E-state index in [1.807, 2.05) is 0 Å². The number of rotatable bonds is 2. The molecule has 12 heavy (non-hydrogen) atoms. The Hall–Kier alpha value is -1.85. The van der Waals surface area contributed by atoms with E-state index in [1.54, 1.807) is 5.48 Å². The summed E-state index contributed by atoms with van der Waals surface area (Å²) in [5, 5.41) is 8.06. The summed E-state index contributed by atoms with van der Waals surface area (Å²) in [7, 11) is 0. The summed E-state index contributed by atoms with van der Waals surface area (Å²) in [6.07, 6.45) is 1.28. The van der Waals surface area contributed by atoms with Crippen LogP contribution in [-0.4, -0.2) is 23.0 Å². The molecule has 0 aromatic rings. The molecular weight excluding hydrogens is 166 g/mol. The molecule has 0 aromatic carbocycles. The monoisotopic (exact) mass is 173 g/mol. The van der Waals surface area contributed by atoms with Crippen LogP contribution in [0.5, 0.6) is 0 Å². The van der Waals surface area contributed by atoms with Gasteiger partial charge in [0.1, 0.15) is 0 Å². The lowest BCUT2D eigenvalue weighted by Crippen LogP contribution is -2.23. The third-order valence-electron chi connectivity index (χ3n) is 0.657. The summed E-state index contributed by atoms with van der Waals surface area (Å²) in [4.78, 5) is 34.5. The Morgan fingerprint density at radius 3 is 2.33 bits per heavy atom. The smallest absolute Gasteiger partial charge is 0.356 e. The van der Waals surface area contributed by atoms with E-state index >= 15 is 0 Å². The Balaban J connectivity index is 3.75. The van der Waals surface area contributed by atoms with E-state index in [9.17, 15) is 14.4 Å². The van der Waals surface area contributed by atoms with E-state index in [0.717, 1.165) is 6.92 Å². The Kier molecular flexibility index (Phi) is 4.13. The van der Waals surface area contributed by atoms with Gasteiger partial charge in [-0.25, -0.2) is 9.59 Å². The highest BCUT2D eigenvalue weighted by Gasteiger charge is 1.98. The second kappa shape index (κ2) is 4.89. The first-order valence-electron chi connectivity index (χ1n) is 2.90. The van der Waals surface area contributed by atoms with E-state index in [0.29, 0.717) is 12.2 Å². The van der Waals surface area contributed by atoms with Crippen LogP contribution >= 0.6 is 0 Å². The average molecular weight is 173 g/mol. The SMILES string of the molecule is CC(=O)NOC(=O)/C=C\C(=O)O. The van der Waals surface area contributed by atoms with Crippen LogP contribution in [-0.2, 0) is 19.2 Å². The molecule has 0 rings (SSSR count). The molecule has 0 bridgehead atoms. The van der Waals surface area contributed by atoms with E-state index < -0.39 is 17.8 Å². The van der Waals surface area contributed by atoms with Gasteiger partial charge in [0.15, 0.2) is 0 Å². The zero-order valence-electron chi connectivity index (χ0n) is 6.23. The molecule has 0 aliphatic rings. The summed E-state index contributed by atoms with van der Waals surface area (Å²) in [6.45, 7) is 1.15. The van der Waals surface area contributed by atoms with Gasteiger partial charge >= 0.3 is 11.9 Å². The molecule has 66 valence electrons. The number of hydrogen-bond donors (Lipinski definition) is 2. The van der Waals surface area contributed by atoms with E-state index in [-0.39, 0.29) is 0 Å². The zero-order chi connectivity index (χ0) is 9.56. The van der Waals surface area contributed by atoms with Gasteiger partial charge in [-0.05, 0) is 0 Å². The first-order chi connectivity index (χ1) is 5.52. The Labute approximate surface area is 67.8 Å². The van der Waals surface area contributed by atoms with Crippen molar-refractivity contribution in [2.75, 3.05) is 0 Å². The van der Waals surface area contributed by atoms with Crippen LogP contribution in [0.15, 0.2) is 12.2 Å². The average Bonchev–Trinajstić information content (AvgIpc) is 1.96. The predicted molar refractivity (Wildman–Crippen MR) is 36.7 cm³/mol. The largest absolute Gasteiger partial charge is 0.478 e. The molecule has 0 aliphatic heterocycles. The van der Waals surface area contributed by atoms with Gasteiger partial charge in [-0.15, -0.1) is 0 Å². The van der Waals surface area contributed by atoms with Gasteiger partial charge in [-0.2, -0.15) is 5.48 Å². The van der Waals surface area contributed by atoms with Crippen molar-refractivity contribution in [2.24, 2.45) is 0 Å². The van der Waals surface area contributed by atoms with Crippen molar-refractivity contribution < 1.29 is 24.3 Å². The van der Waals surface area contributed by atoms with Gasteiger partial charge < -0.3 is 9.94 Å². The van der Waals surface area contributed by atoms with Crippen molar-refractivity contribution in [3.05, 3.63) is 12.2 Å². The third-order valence-corrected chi connectivity index (χ3v) is 0.657. The second-order valence-electron chi connectivity index (χ2n) is 1.75. The molecule has 0 fully saturated rings. The summed E-state index contributed by atoms with van der Waals surface area (Å²) in [5.41, 5.74) is 1.74. The highest BCUT2D eigenvalue weighted by molar-refractivity contribution is 5.91. The van der Waals surface area contributed by atoms with Crippen LogP contribution in [0.4, 0.5) is 0 Å². The Morgan fingerprint density at radius 2 is 1.92 bits per heavy atom. The first-order valence-corrected chi connectivity index (χ1v) is 2.90. The molecule has 0 saturated heterocycles. The minimum Gasteiger partial charge on any atom is -0.478 e. The summed E-state index contributed by atoms with van der Waals surface area (Å²) in [5.74, 6) is -2.77. The van der Waals surface area contributed by atoms with Crippen LogP contribution < -0.4 is 5.48 Å². The number of amides is 1. The predicted octanol–water partition coefficient (Wildman–Crippen LogP) is -0.778. The fourth-order valence-electron chi connectivity index (χ4n) is 0.296. The molecule has 0 radical (unpaired) electrons. The van der Waals surface area contributed by atoms with Gasteiger partial charge in [-0.1, -0.05) is 0 Å². The summed E-state index contributed by atoms with van der Waals surface area (Å²) < 4.78 is 0. The zero-order valence-corrected chi connectivity index (χ0v) is 6.23. The lowest BCUT2D eigenvalue weighted by Gasteiger charge is -1.97. The highest BCUT2D eigenvalue weighted by Crippen LogP contribution is 1.78. The number of carbonyl (C=O) groups excluding carboxylic acids is 2. The van der Waals surface area contributed by atoms with Crippen LogP contribution in [0.25, 0.3) is 0 Å². The molecule has 0 heterocycles. The fourth-order valence-corrected chi connectivity index (χ4v) is 0.296. The van der Waals surface area contributed by atoms with Crippen molar-refractivity contribution in [1.82, 2.24) is 5.48 Å². The van der Waals surface area contributed by atoms with Crippen molar-refractivity contribution in [2.45, 2.75) is 6.92 Å². The van der Waals surface area contributed by atoms with Crippen LogP contribution in [0, 0.1) is 0 Å². The number of hydroxylamine groups is 1. The maximum Gasteiger partial charge on any atom is 0.356 e.